The molecule has 0 aromatic carbocycles. The number of ether oxygens (including phenoxy) is 4. The number of halogens is 6. The maximum atomic E-state index is 12.9. The van der Waals surface area contributed by atoms with Gasteiger partial charge in [-0.25, -0.2) is 4.79 Å². The first kappa shape index (κ1) is 99.0. The molecule has 106 heavy (non-hydrogen) atoms. The summed E-state index contributed by atoms with van der Waals surface area (Å²) < 4.78 is 95.4. The van der Waals surface area contributed by atoms with Crippen molar-refractivity contribution in [2.75, 3.05) is 39.3 Å². The molecule has 0 aliphatic heterocycles. The number of nitrogens with one attached hydrogen (secondary N) is 9. The summed E-state index contributed by atoms with van der Waals surface area (Å²) in [5.74, 6) is -21.4. The number of hydrogen-bond acceptors (Lipinski definition) is 28. The number of carbonyl (C=O) groups excluding carboxylic acids is 14. The van der Waals surface area contributed by atoms with Crippen LogP contribution in [0.5, 0.6) is 0 Å². The van der Waals surface area contributed by atoms with Crippen molar-refractivity contribution in [2.45, 2.75) is 243 Å². The number of aliphatic hydroxyl groups excluding tert-OH is 8. The van der Waals surface area contributed by atoms with Crippen LogP contribution in [0.15, 0.2) is 0 Å². The Morgan fingerprint density at radius 2 is 0.575 bits per heavy atom. The highest BCUT2D eigenvalue weighted by Gasteiger charge is 2.44. The number of hydrogen-bond donors (Lipinski definition) is 19. The summed E-state index contributed by atoms with van der Waals surface area (Å²) in [6.07, 6.45) is -36.7. The summed E-state index contributed by atoms with van der Waals surface area (Å²) in [5.41, 5.74) is -3.45. The number of alkyl halides is 6. The maximum absolute atomic E-state index is 12.9. The Hall–Kier alpha value is -9.02. The van der Waals surface area contributed by atoms with Crippen LogP contribution in [-0.4, -0.2) is 287 Å². The quantitative estimate of drug-likeness (QED) is 0.0118. The average Bonchev–Trinajstić information content (AvgIpc) is 0.878. The molecule has 0 bridgehead atoms. The van der Waals surface area contributed by atoms with Gasteiger partial charge in [-0.1, -0.05) is 0 Å². The van der Waals surface area contributed by atoms with Crippen molar-refractivity contribution in [3.8, 4) is 0 Å². The minimum atomic E-state index is -5.44. The molecule has 0 rings (SSSR count). The molecule has 608 valence electrons. The predicted molar refractivity (Wildman–Crippen MR) is 343 cm³/mol. The van der Waals surface area contributed by atoms with E-state index in [1.165, 1.54) is 5.32 Å². The smallest absolute Gasteiger partial charge is 0.471 e. The molecule has 0 fully saturated rings. The van der Waals surface area contributed by atoms with Crippen molar-refractivity contribution in [1.82, 2.24) is 47.9 Å². The summed E-state index contributed by atoms with van der Waals surface area (Å²) in [5, 5.41) is 116. The number of ketones is 2. The molecule has 45 heteroatoms. The highest BCUT2D eigenvalue weighted by Crippen LogP contribution is 2.21. The van der Waals surface area contributed by atoms with E-state index in [9.17, 15) is 144 Å². The molecule has 0 aliphatic rings. The zero-order chi connectivity index (χ0) is 83.0. The van der Waals surface area contributed by atoms with Crippen LogP contribution in [0, 0.1) is 5.92 Å². The van der Waals surface area contributed by atoms with Gasteiger partial charge in [0.15, 0.2) is 36.0 Å². The molecule has 0 aliphatic carbocycles. The first-order valence-electron chi connectivity index (χ1n) is 32.1. The van der Waals surface area contributed by atoms with Crippen LogP contribution < -0.4 is 47.9 Å². The van der Waals surface area contributed by atoms with Gasteiger partial charge in [0.2, 0.25) is 11.8 Å². The van der Waals surface area contributed by atoms with Gasteiger partial charge in [-0.3, -0.25) is 71.9 Å². The number of carboxylic acids is 2. The lowest BCUT2D eigenvalue weighted by molar-refractivity contribution is -0.175. The Labute approximate surface area is 602 Å². The first-order chi connectivity index (χ1) is 48.1. The summed E-state index contributed by atoms with van der Waals surface area (Å²) in [4.78, 5) is 192. The number of alkyl carbamates (subject to hydrolysis) is 1. The highest BCUT2D eigenvalue weighted by atomic mass is 19.4. The fraction of sp³-hybridized carbons (Fsp3) is 0.738. The van der Waals surface area contributed by atoms with Crippen molar-refractivity contribution in [3.05, 3.63) is 0 Å². The number of Topliss-reactive ketones (excluding diaryl/α,β-unsaturated/α-hetero) is 2. The Morgan fingerprint density at radius 1 is 0.321 bits per heavy atom. The second kappa shape index (κ2) is 44.8. The molecule has 3 unspecified atom stereocenters. The van der Waals surface area contributed by atoms with E-state index >= 15 is 0 Å². The number of aliphatic hydroxyl groups is 8. The van der Waals surface area contributed by atoms with Gasteiger partial charge >= 0.3 is 60.1 Å². The number of esters is 3. The van der Waals surface area contributed by atoms with Gasteiger partial charge in [-0.15, -0.1) is 0 Å². The second-order valence-electron chi connectivity index (χ2n) is 27.1. The topological polar surface area (TPSA) is 621 Å². The number of carboxylic acid groups (broad SMARTS) is 2. The normalized spacial score (nSPS) is 15.0. The second-order valence-corrected chi connectivity index (χ2v) is 27.1. The molecule has 0 heterocycles. The van der Waals surface area contributed by atoms with Gasteiger partial charge in [0, 0.05) is 52.1 Å². The lowest BCUT2D eigenvalue weighted by atomic mass is 10.00. The molecular weight excluding hydrogens is 1450 g/mol. The Kier molecular flexibility index (Phi) is 41.9. The predicted octanol–water partition coefficient (Wildman–Crippen LogP) is -5.00. The van der Waals surface area contributed by atoms with E-state index in [1.807, 2.05) is 16.0 Å². The Balaban J connectivity index is 0. The monoisotopic (exact) mass is 1550 g/mol. The molecule has 39 nitrogen and oxygen atoms in total. The van der Waals surface area contributed by atoms with E-state index in [-0.39, 0.29) is 38.9 Å². The van der Waals surface area contributed by atoms with Crippen LogP contribution in [0.3, 0.4) is 0 Å². The van der Waals surface area contributed by atoms with Crippen molar-refractivity contribution in [1.29, 1.82) is 0 Å². The zero-order valence-corrected chi connectivity index (χ0v) is 59.9. The fourth-order valence-corrected chi connectivity index (χ4v) is 8.05. The van der Waals surface area contributed by atoms with Crippen molar-refractivity contribution in [3.63, 3.8) is 0 Å². The summed E-state index contributed by atoms with van der Waals surface area (Å²) in [6, 6.07) is -5.57. The molecule has 0 spiro atoms. The van der Waals surface area contributed by atoms with E-state index in [0.29, 0.717) is 0 Å². The third-order valence-electron chi connectivity index (χ3n) is 12.8. The molecule has 0 aromatic rings. The molecule has 0 saturated heterocycles. The SMILES string of the molecule is CC(C)(C)OC(=O)CC(CC(=O)OC(C)(C)C)C(=O)NCCNC(=O)[C@@H](O)[C@H](O)[C@H](O)[C@@H](O)C(=O)NCCCC(=O)C(CC(=O)OC(C)(C)C)NC(=O)OC(C)(C)C.O=C(O)CC(NC(=O)C(F)(F)F)C(=O)CCCNC(=O)[C@H](O)[C@@H](O)[C@@H](O)[C@H](O)C(=O)NCCNC(=O)C(CC(=O)O)NC(=O)C(F)(F)F. The van der Waals surface area contributed by atoms with Crippen molar-refractivity contribution in [2.24, 2.45) is 5.92 Å². The van der Waals surface area contributed by atoms with Crippen molar-refractivity contribution >= 4 is 94.8 Å². The Morgan fingerprint density at radius 3 is 0.868 bits per heavy atom. The zero-order valence-electron chi connectivity index (χ0n) is 59.9. The number of amides is 9. The Bertz CT molecular complexity index is 2770. The molecule has 11 atom stereocenters. The largest absolute Gasteiger partial charge is 0.481 e. The first-order valence-corrected chi connectivity index (χ1v) is 32.1. The summed E-state index contributed by atoms with van der Waals surface area (Å²) in [7, 11) is 0. The van der Waals surface area contributed by atoms with Crippen LogP contribution in [0.2, 0.25) is 0 Å². The van der Waals surface area contributed by atoms with Crippen LogP contribution in [0.25, 0.3) is 0 Å². The minimum absolute atomic E-state index is 0.0545. The van der Waals surface area contributed by atoms with E-state index in [2.05, 4.69) is 21.3 Å². The van der Waals surface area contributed by atoms with Gasteiger partial charge in [0.05, 0.1) is 44.1 Å². The van der Waals surface area contributed by atoms with Crippen LogP contribution in [0.1, 0.15) is 141 Å². The van der Waals surface area contributed by atoms with Gasteiger partial charge in [0.25, 0.3) is 23.6 Å². The standard InChI is InChI=1S/C38H66N4O16.C23H31F6N5O14/c1-35(2,3)55-24(44)18-21(19-25(45)56-36(4,5)6)31(51)40-16-17-41-33(53)30(50)28(48)27(47)29(49)32(52)39-15-13-14-23(43)22(20-26(46)57-37(7,8)9)42-34(54)58-38(10,11)12;24-22(25,26)20(47)33-8(6-11(36)37)10(35)2-1-3-30-18(45)15(42)13(40)14(41)16(43)19(46)32-5-4-31-17(44)9(7-12(38)39)34-21(48)23(27,28)29/h21-22,27-30,47-50H,13-20H2,1-12H3,(H,39,52)(H,40,51)(H,41,53)(H,42,54);8-9,13-16,40-43H,1-7H2,(H,30,45)(H,31,44)(H,32,46)(H,33,47)(H,34,48)(H,36,37)(H,38,39)/t22?,27-,28+,29+,30-;8?,9?,13-,14+,15+,16-/m00/s1. The highest BCUT2D eigenvalue weighted by molar-refractivity contribution is 5.95. The van der Waals surface area contributed by atoms with Gasteiger partial charge in [0.1, 0.15) is 58.9 Å². The number of rotatable bonds is 41. The van der Waals surface area contributed by atoms with Crippen LogP contribution >= 0.6 is 0 Å². The third kappa shape index (κ3) is 43.4. The summed E-state index contributed by atoms with van der Waals surface area (Å²) in [6.45, 7) is 16.9. The molecule has 0 aromatic heterocycles. The molecular formula is C61H97F6N9O30. The van der Waals surface area contributed by atoms with Crippen LogP contribution in [-0.2, 0) is 90.9 Å². The summed E-state index contributed by atoms with van der Waals surface area (Å²) >= 11 is 0. The maximum Gasteiger partial charge on any atom is 0.471 e. The molecule has 0 radical (unpaired) electrons. The van der Waals surface area contributed by atoms with E-state index in [1.54, 1.807) is 83.1 Å². The van der Waals surface area contributed by atoms with E-state index in [4.69, 9.17) is 29.2 Å². The average molecular weight is 1550 g/mol. The van der Waals surface area contributed by atoms with Gasteiger partial charge in [-0.05, 0) is 95.9 Å². The van der Waals surface area contributed by atoms with Crippen molar-refractivity contribution < 1.29 is 173 Å². The third-order valence-corrected chi connectivity index (χ3v) is 12.8. The van der Waals surface area contributed by atoms with E-state index < -0.39 is 261 Å². The lowest BCUT2D eigenvalue weighted by Gasteiger charge is -2.25. The number of aliphatic carboxylic acids is 2. The fourth-order valence-electron chi connectivity index (χ4n) is 8.05. The van der Waals surface area contributed by atoms with Gasteiger partial charge < -0.3 is 118 Å². The number of carbonyl (C=O) groups is 16. The minimum Gasteiger partial charge on any atom is -0.481 e. The van der Waals surface area contributed by atoms with E-state index in [0.717, 1.165) is 5.32 Å². The lowest BCUT2D eigenvalue weighted by Crippen LogP contribution is -2.55. The van der Waals surface area contributed by atoms with Crippen LogP contribution in [0.4, 0.5) is 31.1 Å². The molecule has 0 saturated carbocycles. The molecule has 9 amide bonds. The van der Waals surface area contributed by atoms with Gasteiger partial charge in [-0.2, -0.15) is 26.3 Å². The molecule has 19 N–H and O–H groups in total.